The van der Waals surface area contributed by atoms with E-state index in [2.05, 4.69) is 55.7 Å². The fourth-order valence-electron chi connectivity index (χ4n) is 4.12. The molecule has 0 aliphatic rings. The minimum Gasteiger partial charge on any atom is -0.490 e. The molecule has 1 unspecified atom stereocenters. The summed E-state index contributed by atoms with van der Waals surface area (Å²) < 4.78 is 6.27. The Morgan fingerprint density at radius 1 is 0.865 bits per heavy atom. The van der Waals surface area contributed by atoms with Crippen molar-refractivity contribution in [3.63, 3.8) is 0 Å². The van der Waals surface area contributed by atoms with Crippen molar-refractivity contribution in [3.05, 3.63) is 95.8 Å². The minimum absolute atomic E-state index is 0.128. The standard InChI is InChI=1S/C32H41N3O2/c1-4-6-7-9-29(8-5-2)37-30-20-16-27(17-21-30)26-14-18-28(19-15-26)35-32(36)31(33)23-34-22-25-12-10-24(3)11-13-25/h10-21,23,29,34H,4-9,22,33H2,1-3H3,(H,35,36)/b31-23-. The highest BCUT2D eigenvalue weighted by Gasteiger charge is 2.10. The quantitative estimate of drug-likeness (QED) is 0.160. The molecular weight excluding hydrogens is 458 g/mol. The summed E-state index contributed by atoms with van der Waals surface area (Å²) in [7, 11) is 0. The van der Waals surface area contributed by atoms with Crippen LogP contribution in [0.1, 0.15) is 63.5 Å². The van der Waals surface area contributed by atoms with Crippen molar-refractivity contribution in [2.24, 2.45) is 5.73 Å². The van der Waals surface area contributed by atoms with Crippen molar-refractivity contribution in [1.29, 1.82) is 0 Å². The molecule has 0 fully saturated rings. The summed E-state index contributed by atoms with van der Waals surface area (Å²) in [5.41, 5.74) is 11.3. The van der Waals surface area contributed by atoms with Gasteiger partial charge in [0.1, 0.15) is 11.4 Å². The Kier molecular flexibility index (Phi) is 11.1. The number of anilines is 1. The molecule has 0 saturated carbocycles. The van der Waals surface area contributed by atoms with Gasteiger partial charge in [-0.1, -0.05) is 87.2 Å². The topological polar surface area (TPSA) is 76.4 Å². The highest BCUT2D eigenvalue weighted by atomic mass is 16.5. The summed E-state index contributed by atoms with van der Waals surface area (Å²) in [6, 6.07) is 24.2. The largest absolute Gasteiger partial charge is 0.490 e. The van der Waals surface area contributed by atoms with Gasteiger partial charge >= 0.3 is 0 Å². The normalized spacial score (nSPS) is 12.1. The summed E-state index contributed by atoms with van der Waals surface area (Å²) in [6.07, 6.45) is 8.85. The molecule has 5 nitrogen and oxygen atoms in total. The van der Waals surface area contributed by atoms with E-state index in [-0.39, 0.29) is 17.7 Å². The van der Waals surface area contributed by atoms with Gasteiger partial charge in [-0.2, -0.15) is 0 Å². The van der Waals surface area contributed by atoms with Crippen LogP contribution >= 0.6 is 0 Å². The first kappa shape index (κ1) is 27.9. The molecule has 0 aromatic heterocycles. The van der Waals surface area contributed by atoms with Crippen LogP contribution in [-0.4, -0.2) is 12.0 Å². The molecule has 0 heterocycles. The molecular formula is C32H41N3O2. The van der Waals surface area contributed by atoms with Crippen LogP contribution < -0.4 is 21.1 Å². The second-order valence-electron chi connectivity index (χ2n) is 9.55. The zero-order chi connectivity index (χ0) is 26.5. The molecule has 0 aliphatic heterocycles. The molecule has 0 spiro atoms. The fourth-order valence-corrected chi connectivity index (χ4v) is 4.12. The number of aryl methyl sites for hydroxylation is 1. The van der Waals surface area contributed by atoms with Crippen molar-refractivity contribution < 1.29 is 9.53 Å². The molecule has 4 N–H and O–H groups in total. The van der Waals surface area contributed by atoms with Gasteiger partial charge in [0.05, 0.1) is 6.10 Å². The van der Waals surface area contributed by atoms with Crippen LogP contribution in [0.25, 0.3) is 11.1 Å². The molecule has 1 atom stereocenters. The maximum atomic E-state index is 12.5. The number of ether oxygens (including phenoxy) is 1. The molecule has 0 radical (unpaired) electrons. The first-order valence-corrected chi connectivity index (χ1v) is 13.4. The molecule has 3 aromatic rings. The van der Waals surface area contributed by atoms with E-state index in [0.717, 1.165) is 41.7 Å². The van der Waals surface area contributed by atoms with Gasteiger partial charge in [-0.3, -0.25) is 4.79 Å². The molecule has 0 aliphatic carbocycles. The first-order chi connectivity index (χ1) is 18.0. The lowest BCUT2D eigenvalue weighted by molar-refractivity contribution is -0.112. The summed E-state index contributed by atoms with van der Waals surface area (Å²) >= 11 is 0. The second-order valence-corrected chi connectivity index (χ2v) is 9.55. The molecule has 3 aromatic carbocycles. The number of unbranched alkanes of at least 4 members (excludes halogenated alkanes) is 2. The maximum Gasteiger partial charge on any atom is 0.273 e. The molecule has 196 valence electrons. The second kappa shape index (κ2) is 14.7. The van der Waals surface area contributed by atoms with E-state index < -0.39 is 0 Å². The number of hydrogen-bond donors (Lipinski definition) is 3. The first-order valence-electron chi connectivity index (χ1n) is 13.4. The van der Waals surface area contributed by atoms with Crippen molar-refractivity contribution in [1.82, 2.24) is 5.32 Å². The van der Waals surface area contributed by atoms with E-state index in [9.17, 15) is 4.79 Å². The number of carbonyl (C=O) groups is 1. The fraction of sp³-hybridized carbons (Fsp3) is 0.344. The van der Waals surface area contributed by atoms with E-state index >= 15 is 0 Å². The Balaban J connectivity index is 1.51. The van der Waals surface area contributed by atoms with Crippen LogP contribution in [0.15, 0.2) is 84.7 Å². The molecule has 0 saturated heterocycles. The number of amides is 1. The Morgan fingerprint density at radius 3 is 2.14 bits per heavy atom. The zero-order valence-corrected chi connectivity index (χ0v) is 22.4. The number of rotatable bonds is 14. The average molecular weight is 500 g/mol. The average Bonchev–Trinajstić information content (AvgIpc) is 2.91. The molecule has 5 heteroatoms. The molecule has 0 bridgehead atoms. The Labute approximate surface area is 222 Å². The highest BCUT2D eigenvalue weighted by molar-refractivity contribution is 6.03. The van der Waals surface area contributed by atoms with E-state index in [1.807, 2.05) is 48.5 Å². The Hall–Kier alpha value is -3.73. The van der Waals surface area contributed by atoms with Gasteiger partial charge in [-0.15, -0.1) is 0 Å². The van der Waals surface area contributed by atoms with E-state index in [0.29, 0.717) is 12.2 Å². The molecule has 1 amide bonds. The van der Waals surface area contributed by atoms with Gasteiger partial charge < -0.3 is 21.1 Å². The van der Waals surface area contributed by atoms with E-state index in [1.54, 1.807) is 6.20 Å². The number of hydrogen-bond acceptors (Lipinski definition) is 4. The Bertz CT molecular complexity index is 1120. The lowest BCUT2D eigenvalue weighted by Gasteiger charge is -2.19. The van der Waals surface area contributed by atoms with Gasteiger partial charge in [0.2, 0.25) is 0 Å². The van der Waals surface area contributed by atoms with Crippen LogP contribution in [0.2, 0.25) is 0 Å². The van der Waals surface area contributed by atoms with Crippen LogP contribution in [0.3, 0.4) is 0 Å². The summed E-state index contributed by atoms with van der Waals surface area (Å²) in [5, 5.41) is 5.94. The number of carbonyl (C=O) groups excluding carboxylic acids is 1. The van der Waals surface area contributed by atoms with Crippen LogP contribution in [-0.2, 0) is 11.3 Å². The van der Waals surface area contributed by atoms with Crippen molar-refractivity contribution in [2.75, 3.05) is 5.32 Å². The van der Waals surface area contributed by atoms with Gasteiger partial charge in [0, 0.05) is 18.4 Å². The zero-order valence-electron chi connectivity index (χ0n) is 22.4. The SMILES string of the molecule is CCCCCC(CCC)Oc1ccc(-c2ccc(NC(=O)/C(N)=C/NCc3ccc(C)cc3)cc2)cc1. The van der Waals surface area contributed by atoms with Gasteiger partial charge in [-0.25, -0.2) is 0 Å². The lowest BCUT2D eigenvalue weighted by Crippen LogP contribution is -2.22. The van der Waals surface area contributed by atoms with Crippen molar-refractivity contribution >= 4 is 11.6 Å². The van der Waals surface area contributed by atoms with Crippen LogP contribution in [0.5, 0.6) is 5.75 Å². The highest BCUT2D eigenvalue weighted by Crippen LogP contribution is 2.25. The third-order valence-electron chi connectivity index (χ3n) is 6.32. The van der Waals surface area contributed by atoms with Crippen LogP contribution in [0.4, 0.5) is 5.69 Å². The lowest BCUT2D eigenvalue weighted by atomic mass is 10.0. The van der Waals surface area contributed by atoms with Gasteiger partial charge in [0.15, 0.2) is 0 Å². The van der Waals surface area contributed by atoms with Gasteiger partial charge in [0.25, 0.3) is 5.91 Å². The number of nitrogens with two attached hydrogens (primary N) is 1. The molecule has 37 heavy (non-hydrogen) atoms. The van der Waals surface area contributed by atoms with Crippen molar-refractivity contribution in [3.8, 4) is 16.9 Å². The maximum absolute atomic E-state index is 12.5. The predicted octanol–water partition coefficient (Wildman–Crippen LogP) is 7.32. The van der Waals surface area contributed by atoms with E-state index in [1.165, 1.54) is 24.8 Å². The number of nitrogens with one attached hydrogen (secondary N) is 2. The smallest absolute Gasteiger partial charge is 0.273 e. The third kappa shape index (κ3) is 9.34. The Morgan fingerprint density at radius 2 is 1.51 bits per heavy atom. The number of benzene rings is 3. The third-order valence-corrected chi connectivity index (χ3v) is 6.32. The summed E-state index contributed by atoms with van der Waals surface area (Å²) in [4.78, 5) is 12.5. The minimum atomic E-state index is -0.341. The van der Waals surface area contributed by atoms with E-state index in [4.69, 9.17) is 10.5 Å². The van der Waals surface area contributed by atoms with Crippen molar-refractivity contribution in [2.45, 2.75) is 71.9 Å². The monoisotopic (exact) mass is 499 g/mol. The van der Waals surface area contributed by atoms with Crippen LogP contribution in [0, 0.1) is 6.92 Å². The predicted molar refractivity (Wildman–Crippen MR) is 154 cm³/mol. The van der Waals surface area contributed by atoms with Gasteiger partial charge in [-0.05, 0) is 67.1 Å². The molecule has 3 rings (SSSR count). The summed E-state index contributed by atoms with van der Waals surface area (Å²) in [5.74, 6) is 0.576. The summed E-state index contributed by atoms with van der Waals surface area (Å²) in [6.45, 7) is 7.09.